The van der Waals surface area contributed by atoms with Gasteiger partial charge in [0.25, 0.3) is 0 Å². The molecule has 15 heterocycles. The van der Waals surface area contributed by atoms with Crippen molar-refractivity contribution in [2.75, 3.05) is 112 Å². The first-order valence-corrected chi connectivity index (χ1v) is 42.6. The van der Waals surface area contributed by atoms with E-state index in [1.807, 2.05) is 34.6 Å². The van der Waals surface area contributed by atoms with Crippen LogP contribution >= 0.6 is 0 Å². The molecule has 15 rings (SSSR count). The summed E-state index contributed by atoms with van der Waals surface area (Å²) in [7, 11) is 4.12. The van der Waals surface area contributed by atoms with Gasteiger partial charge in [0, 0.05) is 113 Å². The third-order valence-corrected chi connectivity index (χ3v) is 28.5. The number of carboxylic acid groups (broad SMARTS) is 5. The molecule has 5 amide bonds. The molecule has 25 atom stereocenters. The molecule has 0 aliphatic carbocycles. The molecule has 0 aromatic rings. The lowest BCUT2D eigenvalue weighted by Crippen LogP contribution is -2.63. The van der Waals surface area contributed by atoms with Crippen molar-refractivity contribution in [2.24, 2.45) is 88.6 Å². The standard InChI is InChI=1S/C18H27N3O4.C18H28N2O4.C17H27N3O4.2C16H24N2O4/c1-9(19)6-12-4-5-20(7-12)8-13-10(2)15-14(11(3)22)17(23)21(15)16(13)18(24)25;1-4-5-12-6-7-19(8-12)9-13-10(2)15-14(11(3)21)17(22)20(15)16(13)18(23)24;1-9-12(8-19-6-5-11(7-19)18(3)4)15(17(23)24)20-14(9)13(10(2)21)16(20)22;2*1-8-4-5-17(6-8)7-11-9(2)13-12(10(3)19)15(20)18(13)14(11)16(21)22/h10-12,14-15,22H,1,4-8,19H2,2-3H3,(H,24,25);10-12,14-15,21H,4-9H2,1-3H3,(H,23,24);9-11,13-14,21H,5-8H2,1-4H3,(H,23,24);2*8-10,12-13,19H,4-7H2,1-3H3,(H,21,22)/t10-,11+,12+,14?,15?;10-,11+,12-,14?,15?;9-,10+,11-,13?,14?;2*8-,9-,10+,12?,13?/m00000/s1. The summed E-state index contributed by atoms with van der Waals surface area (Å²) in [6, 6.07) is -0.573. The van der Waals surface area contributed by atoms with Gasteiger partial charge in [0.15, 0.2) is 0 Å². The summed E-state index contributed by atoms with van der Waals surface area (Å²) in [5.41, 5.74) is 11.2. The van der Waals surface area contributed by atoms with Gasteiger partial charge in [-0.05, 0) is 171 Å². The van der Waals surface area contributed by atoms with Gasteiger partial charge < -0.3 is 86.2 Å². The summed E-state index contributed by atoms with van der Waals surface area (Å²) in [6.45, 7) is 40.7. The van der Waals surface area contributed by atoms with E-state index in [-0.39, 0.29) is 118 Å². The molecule has 0 bridgehead atoms. The summed E-state index contributed by atoms with van der Waals surface area (Å²) in [5, 5.41) is 97.3. The molecule has 10 unspecified atom stereocenters. The SMILES string of the molecule is C=C(N)C[C@H]1CCN(CC2=C(C(=O)O)N3C(=O)C([C@@H](C)O)C3[C@H]2C)C1.CCC[C@H]1CCN(CC2=C(C(=O)O)N3C(=O)C([C@@H](C)O)C3[C@H]2C)C1.C[C@@H](O)C1C(=O)N2C(C(=O)O)=C(CN3CC[C@H](N(C)C)C3)[C@H](C)C12.C[C@H]1CCN(CC2=C(C(=O)O)N3C(=O)C([C@@H](C)O)C3[C@H]2C)C1.C[C@H]1CCN(CC2=C(C(=O)O)N3C(=O)C([C@@H](C)O)C3[C@H]2C)C1. The van der Waals surface area contributed by atoms with Crippen LogP contribution in [-0.4, -0.2) is 343 Å². The molecule has 117 heavy (non-hydrogen) atoms. The highest BCUT2D eigenvalue weighted by molar-refractivity contribution is 6.03. The van der Waals surface area contributed by atoms with Crippen molar-refractivity contribution in [3.05, 3.63) is 68.6 Å². The van der Waals surface area contributed by atoms with E-state index in [4.69, 9.17) is 5.73 Å². The normalized spacial score (nSPS) is 35.1. The Kier molecular flexibility index (Phi) is 27.8. The number of amides is 5. The molecule has 0 saturated carbocycles. The number of hydrogen-bond acceptors (Lipinski definition) is 22. The highest BCUT2D eigenvalue weighted by Gasteiger charge is 2.65. The predicted octanol–water partition coefficient (Wildman–Crippen LogP) is 2.54. The number of carboxylic acids is 5. The molecule has 0 aromatic carbocycles. The minimum atomic E-state index is -1.06. The first-order valence-electron chi connectivity index (χ1n) is 42.6. The lowest BCUT2D eigenvalue weighted by molar-refractivity contribution is -0.163. The lowest BCUT2D eigenvalue weighted by Gasteiger charge is -2.46. The van der Waals surface area contributed by atoms with Crippen molar-refractivity contribution in [2.45, 2.75) is 208 Å². The van der Waals surface area contributed by atoms with Crippen molar-refractivity contribution in [3.8, 4) is 0 Å². The van der Waals surface area contributed by atoms with Crippen molar-refractivity contribution in [3.63, 3.8) is 0 Å². The number of nitrogens with two attached hydrogens (primary N) is 1. The number of aliphatic hydroxyl groups excluding tert-OH is 5. The predicted molar refractivity (Wildman–Crippen MR) is 429 cm³/mol. The van der Waals surface area contributed by atoms with E-state index in [0.717, 1.165) is 125 Å². The summed E-state index contributed by atoms with van der Waals surface area (Å²) in [5.74, 6) is -6.64. The molecule has 12 N–H and O–H groups in total. The van der Waals surface area contributed by atoms with E-state index in [9.17, 15) is 99.0 Å². The third-order valence-electron chi connectivity index (χ3n) is 28.5. The Bertz CT molecular complexity index is 3960. The van der Waals surface area contributed by atoms with Crippen LogP contribution in [0.3, 0.4) is 0 Å². The van der Waals surface area contributed by atoms with Crippen LogP contribution in [0.4, 0.5) is 0 Å². The van der Waals surface area contributed by atoms with E-state index in [1.165, 1.54) is 43.8 Å². The van der Waals surface area contributed by atoms with Gasteiger partial charge >= 0.3 is 29.8 Å². The molecular weight excluding hydrogens is 1510 g/mol. The van der Waals surface area contributed by atoms with E-state index in [2.05, 4.69) is 70.8 Å². The molecule has 15 aliphatic heterocycles. The van der Waals surface area contributed by atoms with Gasteiger partial charge in [0.1, 0.15) is 28.5 Å². The number of nitrogens with zero attached hydrogens (tertiary/aromatic N) is 11. The monoisotopic (exact) mass is 1640 g/mol. The fourth-order valence-electron chi connectivity index (χ4n) is 22.5. The molecular formula is C85H130N12O20. The van der Waals surface area contributed by atoms with E-state index in [1.54, 1.807) is 34.6 Å². The number of fused-ring (bicyclic) bond motifs is 5. The van der Waals surface area contributed by atoms with Crippen molar-refractivity contribution in [1.29, 1.82) is 0 Å². The molecule has 0 spiro atoms. The fraction of sp³-hybridized carbons (Fsp3) is 0.741. The van der Waals surface area contributed by atoms with Gasteiger partial charge in [-0.1, -0.05) is 68.4 Å². The number of carbonyl (C=O) groups is 10. The Morgan fingerprint density at radius 1 is 0.385 bits per heavy atom. The number of aliphatic hydroxyl groups is 5. The first-order chi connectivity index (χ1) is 55.0. The van der Waals surface area contributed by atoms with E-state index in [0.29, 0.717) is 68.1 Å². The number of β-lactam (4-membered cyclic amide) rings is 5. The first kappa shape index (κ1) is 90.3. The molecule has 32 heteroatoms. The summed E-state index contributed by atoms with van der Waals surface area (Å²) < 4.78 is 0. The maximum Gasteiger partial charge on any atom is 0.352 e. The van der Waals surface area contributed by atoms with Crippen LogP contribution in [0.5, 0.6) is 0 Å². The quantitative estimate of drug-likeness (QED) is 0.0585. The maximum atomic E-state index is 12.3. The van der Waals surface area contributed by atoms with Gasteiger partial charge in [-0.2, -0.15) is 0 Å². The number of allylic oxidation sites excluding steroid dienone is 1. The van der Waals surface area contributed by atoms with E-state index < -0.39 is 90.0 Å². The largest absolute Gasteiger partial charge is 0.477 e. The zero-order chi connectivity index (χ0) is 86.2. The summed E-state index contributed by atoms with van der Waals surface area (Å²) in [4.78, 5) is 141. The lowest BCUT2D eigenvalue weighted by atomic mass is 9.77. The Hall–Kier alpha value is -7.50. The van der Waals surface area contributed by atoms with Crippen LogP contribution < -0.4 is 5.73 Å². The Morgan fingerprint density at radius 3 is 0.829 bits per heavy atom. The van der Waals surface area contributed by atoms with Crippen molar-refractivity contribution >= 4 is 59.4 Å². The second-order valence-corrected chi connectivity index (χ2v) is 37.0. The van der Waals surface area contributed by atoms with Crippen LogP contribution in [0, 0.1) is 82.9 Å². The van der Waals surface area contributed by atoms with Gasteiger partial charge in [-0.3, -0.25) is 48.5 Å². The minimum absolute atomic E-state index is 0.0145. The van der Waals surface area contributed by atoms with Gasteiger partial charge in [-0.15, -0.1) is 0 Å². The highest BCUT2D eigenvalue weighted by Crippen LogP contribution is 2.53. The number of rotatable bonds is 25. The van der Waals surface area contributed by atoms with Crippen LogP contribution in [0.15, 0.2) is 68.6 Å². The third kappa shape index (κ3) is 17.1. The number of likely N-dealkylation sites (N-methyl/N-ethyl adjacent to an activating group) is 1. The van der Waals surface area contributed by atoms with Crippen LogP contribution in [0.1, 0.15) is 141 Å². The van der Waals surface area contributed by atoms with Crippen LogP contribution in [0.2, 0.25) is 0 Å². The Morgan fingerprint density at radius 2 is 0.615 bits per heavy atom. The molecule has 650 valence electrons. The van der Waals surface area contributed by atoms with Crippen molar-refractivity contribution < 1.29 is 99.0 Å². The minimum Gasteiger partial charge on any atom is -0.477 e. The van der Waals surface area contributed by atoms with Gasteiger partial charge in [0.2, 0.25) is 29.5 Å². The number of hydrogen-bond donors (Lipinski definition) is 11. The zero-order valence-corrected chi connectivity index (χ0v) is 71.0. The van der Waals surface area contributed by atoms with Gasteiger partial charge in [-0.25, -0.2) is 24.0 Å². The van der Waals surface area contributed by atoms with Gasteiger partial charge in [0.05, 0.1) is 90.3 Å². The summed E-state index contributed by atoms with van der Waals surface area (Å²) in [6.07, 6.45) is 4.96. The second-order valence-electron chi connectivity index (χ2n) is 37.0. The average molecular weight is 1640 g/mol. The molecule has 32 nitrogen and oxygen atoms in total. The Labute approximate surface area is 686 Å². The fourth-order valence-corrected chi connectivity index (χ4v) is 22.5. The van der Waals surface area contributed by atoms with Crippen LogP contribution in [0.25, 0.3) is 0 Å². The molecule has 15 aliphatic rings. The smallest absolute Gasteiger partial charge is 0.352 e. The second kappa shape index (κ2) is 36.0. The molecule has 0 radical (unpaired) electrons. The topological polar surface area (TPSA) is 435 Å². The number of aliphatic carboxylic acids is 5. The number of likely N-dealkylation sites (tertiary alicyclic amines) is 5. The Balaban J connectivity index is 0.000000144. The molecule has 10 saturated heterocycles. The zero-order valence-electron chi connectivity index (χ0n) is 71.0. The highest BCUT2D eigenvalue weighted by atomic mass is 16.4. The van der Waals surface area contributed by atoms with E-state index >= 15 is 0 Å². The molecule has 0 aromatic heterocycles. The number of carbonyl (C=O) groups excluding carboxylic acids is 5. The molecule has 10 fully saturated rings. The average Bonchev–Trinajstić information content (AvgIpc) is 1.59. The van der Waals surface area contributed by atoms with Crippen molar-refractivity contribution in [1.82, 2.24) is 53.9 Å². The maximum absolute atomic E-state index is 12.3. The summed E-state index contributed by atoms with van der Waals surface area (Å²) >= 11 is 0. The van der Waals surface area contributed by atoms with Crippen LogP contribution in [-0.2, 0) is 47.9 Å².